The predicted molar refractivity (Wildman–Crippen MR) is 126 cm³/mol. The number of sulfonamides is 1. The van der Waals surface area contributed by atoms with E-state index in [-0.39, 0.29) is 16.7 Å². The van der Waals surface area contributed by atoms with E-state index in [1.54, 1.807) is 24.0 Å². The Morgan fingerprint density at radius 1 is 1.03 bits per heavy atom. The molecule has 33 heavy (non-hydrogen) atoms. The fraction of sp³-hybridized carbons (Fsp3) is 0.391. The molecule has 4 rings (SSSR count). The number of nitrogens with one attached hydrogen (secondary N) is 2. The van der Waals surface area contributed by atoms with E-state index in [0.717, 1.165) is 24.3 Å². The summed E-state index contributed by atoms with van der Waals surface area (Å²) in [6, 6.07) is 13.1. The first-order valence-electron chi connectivity index (χ1n) is 11.0. The number of anilines is 3. The third kappa shape index (κ3) is 5.35. The van der Waals surface area contributed by atoms with Crippen LogP contribution in [0.15, 0.2) is 53.4 Å². The molecule has 2 N–H and O–H groups in total. The molecule has 2 fully saturated rings. The Kier molecular flexibility index (Phi) is 6.96. The van der Waals surface area contributed by atoms with Crippen molar-refractivity contribution < 1.29 is 22.7 Å². The van der Waals surface area contributed by atoms with Gasteiger partial charge in [-0.05, 0) is 55.8 Å². The summed E-state index contributed by atoms with van der Waals surface area (Å²) in [5, 5.41) is 5.91. The molecule has 0 aromatic heterocycles. The molecule has 0 unspecified atom stereocenters. The maximum Gasteiger partial charge on any atom is 0.246 e. The molecule has 10 heteroatoms. The van der Waals surface area contributed by atoms with Crippen LogP contribution in [0, 0.1) is 0 Å². The summed E-state index contributed by atoms with van der Waals surface area (Å²) in [6.45, 7) is 3.81. The molecule has 2 aliphatic heterocycles. The first-order valence-corrected chi connectivity index (χ1v) is 12.4. The minimum atomic E-state index is -3.65. The molecule has 2 aromatic carbocycles. The maximum atomic E-state index is 12.9. The van der Waals surface area contributed by atoms with E-state index in [9.17, 15) is 18.0 Å². The van der Waals surface area contributed by atoms with Crippen molar-refractivity contribution in [2.45, 2.75) is 30.7 Å². The molecule has 2 aliphatic rings. The predicted octanol–water partition coefficient (Wildman–Crippen LogP) is 2.27. The summed E-state index contributed by atoms with van der Waals surface area (Å²) < 4.78 is 32.4. The molecule has 0 bridgehead atoms. The van der Waals surface area contributed by atoms with E-state index in [0.29, 0.717) is 38.4 Å². The summed E-state index contributed by atoms with van der Waals surface area (Å²) in [7, 11) is -3.65. The van der Waals surface area contributed by atoms with Crippen molar-refractivity contribution in [2.24, 2.45) is 0 Å². The van der Waals surface area contributed by atoms with Gasteiger partial charge in [-0.25, -0.2) is 8.42 Å². The van der Waals surface area contributed by atoms with Gasteiger partial charge in [0.05, 0.1) is 18.1 Å². The molecule has 2 aromatic rings. The molecule has 0 radical (unpaired) electrons. The van der Waals surface area contributed by atoms with E-state index in [2.05, 4.69) is 10.6 Å². The van der Waals surface area contributed by atoms with Crippen LogP contribution >= 0.6 is 0 Å². The summed E-state index contributed by atoms with van der Waals surface area (Å²) in [4.78, 5) is 26.5. The number of carbonyl (C=O) groups is 2. The van der Waals surface area contributed by atoms with Crippen LogP contribution in [-0.2, 0) is 24.3 Å². The third-order valence-electron chi connectivity index (χ3n) is 5.74. The van der Waals surface area contributed by atoms with E-state index in [4.69, 9.17) is 4.74 Å². The second-order valence-electron chi connectivity index (χ2n) is 8.10. The summed E-state index contributed by atoms with van der Waals surface area (Å²) in [6.07, 6.45) is 1.44. The Bertz CT molecular complexity index is 1110. The number of amides is 2. The van der Waals surface area contributed by atoms with Crippen molar-refractivity contribution in [2.75, 3.05) is 48.4 Å². The van der Waals surface area contributed by atoms with Gasteiger partial charge in [-0.2, -0.15) is 4.31 Å². The number of carbonyl (C=O) groups excluding carboxylic acids is 2. The monoisotopic (exact) mass is 472 g/mol. The lowest BCUT2D eigenvalue weighted by Gasteiger charge is -2.26. The van der Waals surface area contributed by atoms with Crippen LogP contribution < -0.4 is 15.5 Å². The third-order valence-corrected chi connectivity index (χ3v) is 7.63. The van der Waals surface area contributed by atoms with Crippen LogP contribution in [0.4, 0.5) is 17.1 Å². The van der Waals surface area contributed by atoms with Gasteiger partial charge >= 0.3 is 0 Å². The second-order valence-corrected chi connectivity index (χ2v) is 10.0. The highest BCUT2D eigenvalue weighted by Gasteiger charge is 2.27. The molecule has 0 aliphatic carbocycles. The van der Waals surface area contributed by atoms with E-state index in [1.807, 2.05) is 24.3 Å². The Morgan fingerprint density at radius 2 is 1.76 bits per heavy atom. The number of benzene rings is 2. The Labute approximate surface area is 193 Å². The topological polar surface area (TPSA) is 108 Å². The van der Waals surface area contributed by atoms with Crippen molar-refractivity contribution in [1.29, 1.82) is 0 Å². The summed E-state index contributed by atoms with van der Waals surface area (Å²) in [5.74, 6) is -0.170. The molecule has 9 nitrogen and oxygen atoms in total. The van der Waals surface area contributed by atoms with Crippen molar-refractivity contribution in [1.82, 2.24) is 4.31 Å². The minimum absolute atomic E-state index is 0.126. The van der Waals surface area contributed by atoms with Gasteiger partial charge < -0.3 is 20.3 Å². The summed E-state index contributed by atoms with van der Waals surface area (Å²) >= 11 is 0. The smallest absolute Gasteiger partial charge is 0.246 e. The second kappa shape index (κ2) is 9.90. The fourth-order valence-electron chi connectivity index (χ4n) is 3.90. The normalized spacial score (nSPS) is 18.2. The highest BCUT2D eigenvalue weighted by molar-refractivity contribution is 7.89. The molecule has 176 valence electrons. The average molecular weight is 473 g/mol. The van der Waals surface area contributed by atoms with Crippen LogP contribution in [0.3, 0.4) is 0 Å². The lowest BCUT2D eigenvalue weighted by atomic mass is 10.2. The molecular formula is C23H28N4O5S. The van der Waals surface area contributed by atoms with Gasteiger partial charge in [-0.15, -0.1) is 0 Å². The maximum absolute atomic E-state index is 12.9. The first kappa shape index (κ1) is 23.2. The quantitative estimate of drug-likeness (QED) is 0.640. The lowest BCUT2D eigenvalue weighted by Crippen LogP contribution is -2.40. The van der Waals surface area contributed by atoms with Gasteiger partial charge in [0.25, 0.3) is 0 Å². The largest absolute Gasteiger partial charge is 0.379 e. The zero-order valence-electron chi connectivity index (χ0n) is 18.5. The molecule has 2 saturated heterocycles. The van der Waals surface area contributed by atoms with Gasteiger partial charge in [-0.3, -0.25) is 9.59 Å². The van der Waals surface area contributed by atoms with Crippen LogP contribution in [0.1, 0.15) is 19.8 Å². The SMILES string of the molecule is C[C@@H](Nc1ccc(N2CCCC2=O)cc1)C(=O)Nc1cccc(S(=O)(=O)N2CCOCC2)c1. The van der Waals surface area contributed by atoms with Gasteiger partial charge in [0.15, 0.2) is 0 Å². The van der Waals surface area contributed by atoms with E-state index in [1.165, 1.54) is 16.4 Å². The lowest BCUT2D eigenvalue weighted by molar-refractivity contribution is -0.117. The van der Waals surface area contributed by atoms with E-state index < -0.39 is 16.1 Å². The number of nitrogens with zero attached hydrogens (tertiary/aromatic N) is 2. The Morgan fingerprint density at radius 3 is 2.42 bits per heavy atom. The molecule has 2 amide bonds. The number of ether oxygens (including phenoxy) is 1. The average Bonchev–Trinajstić information content (AvgIpc) is 3.26. The number of morpholine rings is 1. The van der Waals surface area contributed by atoms with Gasteiger partial charge in [0.2, 0.25) is 21.8 Å². The van der Waals surface area contributed by atoms with Crippen molar-refractivity contribution >= 4 is 38.9 Å². The van der Waals surface area contributed by atoms with E-state index >= 15 is 0 Å². The van der Waals surface area contributed by atoms with Crippen LogP contribution in [-0.4, -0.2) is 63.4 Å². The van der Waals surface area contributed by atoms with Crippen molar-refractivity contribution in [3.63, 3.8) is 0 Å². The van der Waals surface area contributed by atoms with Crippen molar-refractivity contribution in [3.8, 4) is 0 Å². The minimum Gasteiger partial charge on any atom is -0.379 e. The molecule has 0 spiro atoms. The number of rotatable bonds is 7. The van der Waals surface area contributed by atoms with Crippen LogP contribution in [0.5, 0.6) is 0 Å². The highest BCUT2D eigenvalue weighted by Crippen LogP contribution is 2.24. The molecule has 2 heterocycles. The number of hydrogen-bond donors (Lipinski definition) is 2. The Balaban J connectivity index is 1.38. The zero-order chi connectivity index (χ0) is 23.4. The van der Waals surface area contributed by atoms with Crippen LogP contribution in [0.2, 0.25) is 0 Å². The number of hydrogen-bond acceptors (Lipinski definition) is 6. The molecule has 1 atom stereocenters. The summed E-state index contributed by atoms with van der Waals surface area (Å²) in [5.41, 5.74) is 2.00. The zero-order valence-corrected chi connectivity index (χ0v) is 19.3. The highest BCUT2D eigenvalue weighted by atomic mass is 32.2. The molecular weight excluding hydrogens is 444 g/mol. The molecule has 0 saturated carbocycles. The van der Waals surface area contributed by atoms with Crippen LogP contribution in [0.25, 0.3) is 0 Å². The van der Waals surface area contributed by atoms with Gasteiger partial charge in [0.1, 0.15) is 6.04 Å². The van der Waals surface area contributed by atoms with Gasteiger partial charge in [0, 0.05) is 43.1 Å². The first-order chi connectivity index (χ1) is 15.8. The van der Waals surface area contributed by atoms with Crippen molar-refractivity contribution in [3.05, 3.63) is 48.5 Å². The standard InChI is InChI=1S/C23H28N4O5S/c1-17(24-18-7-9-20(10-8-18)27-11-3-6-22(27)28)23(29)25-19-4-2-5-21(16-19)33(30,31)26-12-14-32-15-13-26/h2,4-5,7-10,16-17,24H,3,6,11-15H2,1H3,(H,25,29)/t17-/m1/s1. The van der Waals surface area contributed by atoms with Gasteiger partial charge in [-0.1, -0.05) is 6.07 Å². The fourth-order valence-corrected chi connectivity index (χ4v) is 5.35. The Hall–Kier alpha value is -2.95.